The molecule has 2 rings (SSSR count). The molecule has 0 unspecified atom stereocenters. The molecule has 1 aromatic heterocycles. The molecule has 0 amide bonds. The van der Waals surface area contributed by atoms with Crippen LogP contribution in [0.1, 0.15) is 0 Å². The standard InChI is InChI=1S/C8H6N4O3/c13-8-2-1-5(3-7(8)12(14)15)6-4-9-11-10-6/h1-4,13H,(H,9,10,11). The Hall–Kier alpha value is -2.44. The number of nitrogens with one attached hydrogen (secondary N) is 1. The van der Waals surface area contributed by atoms with Crippen LogP contribution < -0.4 is 0 Å². The fourth-order valence-corrected chi connectivity index (χ4v) is 1.17. The third-order valence-corrected chi connectivity index (χ3v) is 1.88. The summed E-state index contributed by atoms with van der Waals surface area (Å²) in [4.78, 5) is 9.89. The number of aromatic amines is 1. The Labute approximate surface area is 83.5 Å². The van der Waals surface area contributed by atoms with Crippen LogP contribution in [0, 0.1) is 10.1 Å². The van der Waals surface area contributed by atoms with E-state index in [1.807, 2.05) is 0 Å². The molecule has 0 radical (unpaired) electrons. The second-order valence-electron chi connectivity index (χ2n) is 2.82. The summed E-state index contributed by atoms with van der Waals surface area (Å²) in [5.74, 6) is -0.368. The van der Waals surface area contributed by atoms with Gasteiger partial charge in [0.05, 0.1) is 11.1 Å². The monoisotopic (exact) mass is 206 g/mol. The average molecular weight is 206 g/mol. The van der Waals surface area contributed by atoms with Crippen molar-refractivity contribution in [3.05, 3.63) is 34.5 Å². The van der Waals surface area contributed by atoms with Crippen molar-refractivity contribution in [1.82, 2.24) is 15.4 Å². The molecule has 15 heavy (non-hydrogen) atoms. The summed E-state index contributed by atoms with van der Waals surface area (Å²) in [7, 11) is 0. The molecule has 76 valence electrons. The van der Waals surface area contributed by atoms with E-state index in [4.69, 9.17) is 0 Å². The summed E-state index contributed by atoms with van der Waals surface area (Å²) in [5, 5.41) is 29.5. The molecule has 7 heteroatoms. The molecule has 0 bridgehead atoms. The van der Waals surface area contributed by atoms with Gasteiger partial charge < -0.3 is 5.11 Å². The van der Waals surface area contributed by atoms with Gasteiger partial charge in [-0.1, -0.05) is 0 Å². The van der Waals surface area contributed by atoms with Crippen molar-refractivity contribution >= 4 is 5.69 Å². The maximum atomic E-state index is 10.5. The van der Waals surface area contributed by atoms with Crippen molar-refractivity contribution in [2.24, 2.45) is 0 Å². The van der Waals surface area contributed by atoms with Crippen molar-refractivity contribution in [2.75, 3.05) is 0 Å². The van der Waals surface area contributed by atoms with Gasteiger partial charge in [-0.2, -0.15) is 15.4 Å². The van der Waals surface area contributed by atoms with E-state index in [0.717, 1.165) is 0 Å². The Morgan fingerprint density at radius 1 is 1.47 bits per heavy atom. The zero-order chi connectivity index (χ0) is 10.8. The van der Waals surface area contributed by atoms with Crippen LogP contribution in [0.5, 0.6) is 5.75 Å². The normalized spacial score (nSPS) is 10.1. The first-order valence-electron chi connectivity index (χ1n) is 4.02. The molecule has 0 saturated heterocycles. The van der Waals surface area contributed by atoms with Gasteiger partial charge in [0.2, 0.25) is 0 Å². The van der Waals surface area contributed by atoms with Crippen LogP contribution in [0.3, 0.4) is 0 Å². The molecule has 0 aliphatic heterocycles. The van der Waals surface area contributed by atoms with Gasteiger partial charge in [0.1, 0.15) is 5.69 Å². The van der Waals surface area contributed by atoms with Crippen LogP contribution in [0.2, 0.25) is 0 Å². The molecule has 0 aliphatic carbocycles. The number of aromatic nitrogens is 3. The van der Waals surface area contributed by atoms with Crippen molar-refractivity contribution in [3.8, 4) is 17.0 Å². The minimum absolute atomic E-state index is 0.351. The largest absolute Gasteiger partial charge is 0.502 e. The SMILES string of the molecule is O=[N+]([O-])c1cc(-c2cn[nH]n2)ccc1O. The minimum Gasteiger partial charge on any atom is -0.502 e. The van der Waals surface area contributed by atoms with E-state index in [9.17, 15) is 15.2 Å². The first-order chi connectivity index (χ1) is 7.18. The Morgan fingerprint density at radius 3 is 2.87 bits per heavy atom. The quantitative estimate of drug-likeness (QED) is 0.565. The van der Waals surface area contributed by atoms with Gasteiger partial charge in [-0.3, -0.25) is 10.1 Å². The Bertz CT molecular complexity index is 495. The number of nitrogens with zero attached hydrogens (tertiary/aromatic N) is 3. The maximum Gasteiger partial charge on any atom is 0.311 e. The van der Waals surface area contributed by atoms with E-state index < -0.39 is 4.92 Å². The van der Waals surface area contributed by atoms with Crippen molar-refractivity contribution < 1.29 is 10.0 Å². The van der Waals surface area contributed by atoms with Gasteiger partial charge in [-0.25, -0.2) is 0 Å². The zero-order valence-electron chi connectivity index (χ0n) is 7.41. The smallest absolute Gasteiger partial charge is 0.311 e. The van der Waals surface area contributed by atoms with Crippen molar-refractivity contribution in [1.29, 1.82) is 0 Å². The Kier molecular flexibility index (Phi) is 2.05. The van der Waals surface area contributed by atoms with E-state index in [2.05, 4.69) is 15.4 Å². The van der Waals surface area contributed by atoms with Gasteiger partial charge in [0, 0.05) is 11.6 Å². The molecule has 0 aliphatic rings. The fourth-order valence-electron chi connectivity index (χ4n) is 1.17. The molecule has 0 spiro atoms. The zero-order valence-corrected chi connectivity index (χ0v) is 7.41. The van der Waals surface area contributed by atoms with Gasteiger partial charge in [-0.15, -0.1) is 0 Å². The fraction of sp³-hybridized carbons (Fsp3) is 0. The van der Waals surface area contributed by atoms with Crippen LogP contribution >= 0.6 is 0 Å². The lowest BCUT2D eigenvalue weighted by Gasteiger charge is -1.98. The van der Waals surface area contributed by atoms with E-state index in [1.165, 1.54) is 24.4 Å². The molecule has 0 saturated carbocycles. The van der Waals surface area contributed by atoms with Crippen molar-refractivity contribution in [3.63, 3.8) is 0 Å². The van der Waals surface area contributed by atoms with Gasteiger partial charge in [0.15, 0.2) is 5.75 Å². The topological polar surface area (TPSA) is 105 Å². The van der Waals surface area contributed by atoms with E-state index in [-0.39, 0.29) is 11.4 Å². The first-order valence-corrected chi connectivity index (χ1v) is 4.02. The Morgan fingerprint density at radius 2 is 2.27 bits per heavy atom. The van der Waals surface area contributed by atoms with Crippen LogP contribution in [-0.4, -0.2) is 25.4 Å². The lowest BCUT2D eigenvalue weighted by Crippen LogP contribution is -1.89. The Balaban J connectivity index is 2.52. The highest BCUT2D eigenvalue weighted by atomic mass is 16.6. The molecular weight excluding hydrogens is 200 g/mol. The highest BCUT2D eigenvalue weighted by Gasteiger charge is 2.14. The number of nitro groups is 1. The van der Waals surface area contributed by atoms with Crippen LogP contribution in [0.4, 0.5) is 5.69 Å². The number of phenols is 1. The predicted octanol–water partition coefficient (Wildman–Crippen LogP) is 1.09. The number of phenolic OH excluding ortho intramolecular Hbond substituents is 1. The van der Waals surface area contributed by atoms with Crippen LogP contribution in [0.25, 0.3) is 11.3 Å². The second-order valence-corrected chi connectivity index (χ2v) is 2.82. The van der Waals surface area contributed by atoms with Crippen LogP contribution in [0.15, 0.2) is 24.4 Å². The number of benzene rings is 1. The molecule has 2 N–H and O–H groups in total. The van der Waals surface area contributed by atoms with Crippen LogP contribution in [-0.2, 0) is 0 Å². The van der Waals surface area contributed by atoms with Gasteiger partial charge >= 0.3 is 5.69 Å². The maximum absolute atomic E-state index is 10.5. The second kappa shape index (κ2) is 3.37. The predicted molar refractivity (Wildman–Crippen MR) is 50.1 cm³/mol. The molecule has 2 aromatic rings. The van der Waals surface area contributed by atoms with Gasteiger partial charge in [0.25, 0.3) is 0 Å². The number of hydrogen-bond donors (Lipinski definition) is 2. The molecular formula is C8H6N4O3. The molecule has 0 fully saturated rings. The van der Waals surface area contributed by atoms with Gasteiger partial charge in [-0.05, 0) is 12.1 Å². The summed E-state index contributed by atoms with van der Waals surface area (Å²) in [5.41, 5.74) is 0.654. The lowest BCUT2D eigenvalue weighted by atomic mass is 10.1. The molecule has 1 aromatic carbocycles. The van der Waals surface area contributed by atoms with E-state index >= 15 is 0 Å². The summed E-state index contributed by atoms with van der Waals surface area (Å²) in [6.07, 6.45) is 1.44. The van der Waals surface area contributed by atoms with E-state index in [0.29, 0.717) is 11.3 Å². The number of hydrogen-bond acceptors (Lipinski definition) is 5. The van der Waals surface area contributed by atoms with Crippen molar-refractivity contribution in [2.45, 2.75) is 0 Å². The van der Waals surface area contributed by atoms with E-state index in [1.54, 1.807) is 0 Å². The summed E-state index contributed by atoms with van der Waals surface area (Å²) >= 11 is 0. The first kappa shape index (κ1) is 9.13. The summed E-state index contributed by atoms with van der Waals surface area (Å²) in [6.45, 7) is 0. The highest BCUT2D eigenvalue weighted by molar-refractivity contribution is 5.64. The molecule has 7 nitrogen and oxygen atoms in total. The number of nitro benzene ring substituents is 1. The average Bonchev–Trinajstić information content (AvgIpc) is 2.71. The summed E-state index contributed by atoms with van der Waals surface area (Å²) < 4.78 is 0. The number of rotatable bonds is 2. The third kappa shape index (κ3) is 1.62. The molecule has 1 heterocycles. The number of H-pyrrole nitrogens is 1. The number of aromatic hydroxyl groups is 1. The summed E-state index contributed by atoms with van der Waals surface area (Å²) in [6, 6.07) is 4.02. The minimum atomic E-state index is -0.654. The molecule has 0 atom stereocenters. The highest BCUT2D eigenvalue weighted by Crippen LogP contribution is 2.29. The third-order valence-electron chi connectivity index (χ3n) is 1.88. The lowest BCUT2D eigenvalue weighted by molar-refractivity contribution is -0.385.